The summed E-state index contributed by atoms with van der Waals surface area (Å²) in [5.74, 6) is 0. The van der Waals surface area contributed by atoms with Crippen LogP contribution < -0.4 is 4.90 Å². The lowest BCUT2D eigenvalue weighted by Gasteiger charge is -2.14. The van der Waals surface area contributed by atoms with Gasteiger partial charge in [0.25, 0.3) is 0 Å². The summed E-state index contributed by atoms with van der Waals surface area (Å²) in [6.07, 6.45) is -0.825. The minimum Gasteiger partial charge on any atom is -0.388 e. The number of hydrogen-bond acceptors (Lipinski definition) is 7. The Morgan fingerprint density at radius 1 is 1.56 bits per heavy atom. The van der Waals surface area contributed by atoms with Gasteiger partial charge in [0, 0.05) is 10.9 Å². The molecule has 0 saturated carbocycles. The molecule has 1 rings (SSSR count). The molecule has 8 heteroatoms. The van der Waals surface area contributed by atoms with Crippen molar-refractivity contribution in [2.45, 2.75) is 13.0 Å². The summed E-state index contributed by atoms with van der Waals surface area (Å²) >= 11 is 1.02. The van der Waals surface area contributed by atoms with Crippen molar-refractivity contribution in [1.82, 2.24) is 0 Å². The van der Waals surface area contributed by atoms with Crippen molar-refractivity contribution < 1.29 is 10.0 Å². The molecule has 0 aliphatic heterocycles. The largest absolute Gasteiger partial charge is 0.388 e. The predicted molar refractivity (Wildman–Crippen MR) is 65.0 cm³/mol. The average molecular weight is 266 g/mol. The first-order valence-electron chi connectivity index (χ1n) is 4.96. The van der Waals surface area contributed by atoms with Crippen LogP contribution in [0.5, 0.6) is 0 Å². The number of nitriles is 2. The smallest absolute Gasteiger partial charge is 0.304 e. The molecule has 0 spiro atoms. The van der Waals surface area contributed by atoms with E-state index in [1.54, 1.807) is 0 Å². The van der Waals surface area contributed by atoms with Gasteiger partial charge in [-0.1, -0.05) is 0 Å². The summed E-state index contributed by atoms with van der Waals surface area (Å²) in [7, 11) is 0. The molecule has 0 saturated heterocycles. The van der Waals surface area contributed by atoms with E-state index in [-0.39, 0.29) is 23.8 Å². The van der Waals surface area contributed by atoms with E-state index in [4.69, 9.17) is 10.5 Å². The van der Waals surface area contributed by atoms with Gasteiger partial charge in [0.1, 0.15) is 13.1 Å². The summed E-state index contributed by atoms with van der Waals surface area (Å²) in [6, 6.07) is 4.97. The predicted octanol–water partition coefficient (Wildman–Crippen LogP) is 1.56. The van der Waals surface area contributed by atoms with Crippen molar-refractivity contribution in [2.24, 2.45) is 0 Å². The van der Waals surface area contributed by atoms with E-state index in [0.29, 0.717) is 4.88 Å². The van der Waals surface area contributed by atoms with E-state index >= 15 is 0 Å². The molecule has 7 nitrogen and oxygen atoms in total. The third-order valence-electron chi connectivity index (χ3n) is 2.13. The van der Waals surface area contributed by atoms with Crippen molar-refractivity contribution in [2.75, 3.05) is 18.0 Å². The highest BCUT2D eigenvalue weighted by atomic mass is 32.1. The van der Waals surface area contributed by atoms with Gasteiger partial charge in [-0.2, -0.15) is 10.5 Å². The molecule has 1 aromatic rings. The van der Waals surface area contributed by atoms with Crippen LogP contribution in [0.3, 0.4) is 0 Å². The summed E-state index contributed by atoms with van der Waals surface area (Å²) in [4.78, 5) is 12.1. The van der Waals surface area contributed by atoms with E-state index in [0.717, 1.165) is 11.3 Å². The lowest BCUT2D eigenvalue weighted by Crippen LogP contribution is -2.23. The first kappa shape index (κ1) is 13.9. The maximum atomic E-state index is 10.9. The van der Waals surface area contributed by atoms with Crippen LogP contribution in [0.25, 0.3) is 0 Å². The zero-order valence-corrected chi connectivity index (χ0v) is 10.3. The lowest BCUT2D eigenvalue weighted by atomic mass is 10.3. The lowest BCUT2D eigenvalue weighted by molar-refractivity contribution is -0.383. The van der Waals surface area contributed by atoms with E-state index in [1.807, 2.05) is 12.1 Å². The van der Waals surface area contributed by atoms with Crippen LogP contribution in [0.2, 0.25) is 0 Å². The molecule has 0 amide bonds. The summed E-state index contributed by atoms with van der Waals surface area (Å²) in [5.41, 5.74) is -0.193. The normalized spacial score (nSPS) is 11.3. The van der Waals surface area contributed by atoms with Gasteiger partial charge >= 0.3 is 5.69 Å². The van der Waals surface area contributed by atoms with Crippen molar-refractivity contribution in [3.8, 4) is 12.1 Å². The van der Waals surface area contributed by atoms with E-state index < -0.39 is 11.0 Å². The number of anilines is 1. The van der Waals surface area contributed by atoms with Crippen molar-refractivity contribution in [3.05, 3.63) is 21.1 Å². The Bertz CT molecular complexity index is 510. The molecule has 1 unspecified atom stereocenters. The van der Waals surface area contributed by atoms with Crippen molar-refractivity contribution >= 4 is 22.0 Å². The van der Waals surface area contributed by atoms with Gasteiger partial charge in [-0.3, -0.25) is 10.1 Å². The van der Waals surface area contributed by atoms with Gasteiger partial charge in [0.05, 0.1) is 23.2 Å². The molecule has 0 aliphatic carbocycles. The molecule has 1 atom stereocenters. The van der Waals surface area contributed by atoms with Crippen LogP contribution in [-0.4, -0.2) is 23.1 Å². The molecule has 0 aliphatic rings. The zero-order chi connectivity index (χ0) is 13.7. The number of rotatable bonds is 5. The van der Waals surface area contributed by atoms with Gasteiger partial charge in [-0.25, -0.2) is 0 Å². The fraction of sp³-hybridized carbons (Fsp3) is 0.400. The maximum absolute atomic E-state index is 10.9. The van der Waals surface area contributed by atoms with E-state index in [9.17, 15) is 15.2 Å². The van der Waals surface area contributed by atoms with Gasteiger partial charge in [-0.15, -0.1) is 11.3 Å². The van der Waals surface area contributed by atoms with Crippen LogP contribution in [0.1, 0.15) is 17.9 Å². The first-order valence-corrected chi connectivity index (χ1v) is 5.78. The van der Waals surface area contributed by atoms with E-state index in [2.05, 4.69) is 0 Å². The van der Waals surface area contributed by atoms with Gasteiger partial charge in [0.15, 0.2) is 5.00 Å². The molecule has 94 valence electrons. The standard InChI is InChI=1S/C10H10N4O3S/c1-7(15)9-6-8(14(16)17)10(18-9)13(4-2-11)5-3-12/h6-7,15H,4-5H2,1H3. The SMILES string of the molecule is CC(O)c1cc([N+](=O)[O-])c(N(CC#N)CC#N)s1. The maximum Gasteiger partial charge on any atom is 0.304 e. The fourth-order valence-corrected chi connectivity index (χ4v) is 2.38. The highest BCUT2D eigenvalue weighted by Gasteiger charge is 2.25. The minimum absolute atomic E-state index is 0.117. The van der Waals surface area contributed by atoms with Crippen LogP contribution in [0.4, 0.5) is 10.7 Å². The minimum atomic E-state index is -0.825. The highest BCUT2D eigenvalue weighted by Crippen LogP contribution is 2.39. The molecule has 1 N–H and O–H groups in total. The van der Waals surface area contributed by atoms with Gasteiger partial charge < -0.3 is 10.0 Å². The Hall–Kier alpha value is -2.16. The Kier molecular flexibility index (Phi) is 4.60. The molecule has 1 heterocycles. The molecule has 0 fully saturated rings. The van der Waals surface area contributed by atoms with Gasteiger partial charge in [-0.05, 0) is 6.92 Å². The number of aliphatic hydroxyl groups excluding tert-OH is 1. The van der Waals surface area contributed by atoms with Crippen LogP contribution in [0, 0.1) is 32.8 Å². The van der Waals surface area contributed by atoms with E-state index in [1.165, 1.54) is 17.9 Å². The molecule has 1 aromatic heterocycles. The Labute approximate surface area is 107 Å². The second-order valence-electron chi connectivity index (χ2n) is 3.44. The Morgan fingerprint density at radius 3 is 2.50 bits per heavy atom. The molecular formula is C10H10N4O3S. The fourth-order valence-electron chi connectivity index (χ4n) is 1.32. The van der Waals surface area contributed by atoms with Crippen molar-refractivity contribution in [1.29, 1.82) is 10.5 Å². The van der Waals surface area contributed by atoms with Crippen LogP contribution in [-0.2, 0) is 0 Å². The number of nitro groups is 1. The molecular weight excluding hydrogens is 256 g/mol. The summed E-state index contributed by atoms with van der Waals surface area (Å²) in [6.45, 7) is 1.26. The molecule has 0 radical (unpaired) electrons. The zero-order valence-electron chi connectivity index (χ0n) is 9.53. The monoisotopic (exact) mass is 266 g/mol. The topological polar surface area (TPSA) is 114 Å². The van der Waals surface area contributed by atoms with Crippen LogP contribution >= 0.6 is 11.3 Å². The van der Waals surface area contributed by atoms with Gasteiger partial charge in [0.2, 0.25) is 0 Å². The second-order valence-corrected chi connectivity index (χ2v) is 4.51. The number of thiophene rings is 1. The Morgan fingerprint density at radius 2 is 2.11 bits per heavy atom. The quantitative estimate of drug-likeness (QED) is 0.491. The summed E-state index contributed by atoms with van der Waals surface area (Å²) < 4.78 is 0. The molecule has 0 aromatic carbocycles. The third-order valence-corrected chi connectivity index (χ3v) is 3.49. The van der Waals surface area contributed by atoms with Crippen molar-refractivity contribution in [3.63, 3.8) is 0 Å². The highest BCUT2D eigenvalue weighted by molar-refractivity contribution is 7.16. The van der Waals surface area contributed by atoms with Crippen LogP contribution in [0.15, 0.2) is 6.07 Å². The number of aliphatic hydroxyl groups is 1. The summed E-state index contributed by atoms with van der Waals surface area (Å²) in [5, 5.41) is 37.9. The molecule has 0 bridgehead atoms. The third kappa shape index (κ3) is 2.94. The number of nitrogens with zero attached hydrogens (tertiary/aromatic N) is 4. The first-order chi connectivity index (χ1) is 8.51. The molecule has 18 heavy (non-hydrogen) atoms. The Balaban J connectivity index is 3.23. The number of hydrogen-bond donors (Lipinski definition) is 1. The average Bonchev–Trinajstić information content (AvgIpc) is 2.73. The second kappa shape index (κ2) is 5.96.